The number of nitrogens with zero attached hydrogens (tertiary/aromatic N) is 1. The van der Waals surface area contributed by atoms with Crippen molar-refractivity contribution in [2.75, 3.05) is 18.9 Å². The largest absolute Gasteiger partial charge is 0.358 e. The van der Waals surface area contributed by atoms with E-state index in [-0.39, 0.29) is 36.7 Å². The maximum Gasteiger partial charge on any atom is 0.239 e. The number of likely N-dealkylation sites (N-methyl/N-ethyl adjacent to an activating group) is 1. The van der Waals surface area contributed by atoms with Crippen LogP contribution >= 0.6 is 12.4 Å². The molecule has 0 saturated carbocycles. The lowest BCUT2D eigenvalue weighted by molar-refractivity contribution is -0.121. The summed E-state index contributed by atoms with van der Waals surface area (Å²) in [4.78, 5) is 23.4. The van der Waals surface area contributed by atoms with E-state index >= 15 is 0 Å². The van der Waals surface area contributed by atoms with Gasteiger partial charge in [-0.05, 0) is 23.6 Å². The number of nitrogens with one attached hydrogen (secondary N) is 2. The summed E-state index contributed by atoms with van der Waals surface area (Å²) in [6.45, 7) is 2.33. The van der Waals surface area contributed by atoms with Crippen molar-refractivity contribution in [1.82, 2.24) is 9.88 Å². The molecule has 0 aliphatic heterocycles. The van der Waals surface area contributed by atoms with E-state index in [0.29, 0.717) is 12.2 Å². The van der Waals surface area contributed by atoms with Crippen LogP contribution in [-0.4, -0.2) is 30.0 Å². The molecule has 6 nitrogen and oxygen atoms in total. The molecule has 22 heavy (non-hydrogen) atoms. The third-order valence-corrected chi connectivity index (χ3v) is 3.44. The highest BCUT2D eigenvalue weighted by Gasteiger charge is 2.12. The first kappa shape index (κ1) is 18.0. The lowest BCUT2D eigenvalue weighted by Crippen LogP contribution is -2.26. The van der Waals surface area contributed by atoms with E-state index in [4.69, 9.17) is 5.73 Å². The molecular formula is C15H21ClN4O2. The number of rotatable bonds is 5. The smallest absolute Gasteiger partial charge is 0.239 e. The fourth-order valence-electron chi connectivity index (χ4n) is 2.01. The Morgan fingerprint density at radius 2 is 2.05 bits per heavy atom. The molecule has 0 saturated heterocycles. The lowest BCUT2D eigenvalue weighted by Gasteiger charge is -2.11. The summed E-state index contributed by atoms with van der Waals surface area (Å²) in [5.74, 6) is -0.418. The molecule has 0 bridgehead atoms. The Labute approximate surface area is 135 Å². The van der Waals surface area contributed by atoms with Gasteiger partial charge in [0, 0.05) is 31.4 Å². The van der Waals surface area contributed by atoms with E-state index < -0.39 is 0 Å². The van der Waals surface area contributed by atoms with Crippen LogP contribution in [0.1, 0.15) is 6.92 Å². The van der Waals surface area contributed by atoms with E-state index in [1.807, 2.05) is 35.0 Å². The zero-order chi connectivity index (χ0) is 15.4. The molecule has 2 rings (SSSR count). The minimum Gasteiger partial charge on any atom is -0.358 e. The number of aromatic nitrogens is 1. The van der Waals surface area contributed by atoms with Crippen molar-refractivity contribution < 1.29 is 9.59 Å². The predicted molar refractivity (Wildman–Crippen MR) is 90.1 cm³/mol. The summed E-state index contributed by atoms with van der Waals surface area (Å²) in [6, 6.07) is 7.55. The number of hydrogen-bond donors (Lipinski definition) is 3. The number of benzene rings is 1. The van der Waals surface area contributed by atoms with Crippen LogP contribution in [0, 0.1) is 5.92 Å². The number of amides is 2. The van der Waals surface area contributed by atoms with E-state index in [0.717, 1.165) is 10.9 Å². The average molecular weight is 325 g/mol. The van der Waals surface area contributed by atoms with Gasteiger partial charge in [0.2, 0.25) is 11.8 Å². The Bertz CT molecular complexity index is 669. The fourth-order valence-corrected chi connectivity index (χ4v) is 2.01. The molecular weight excluding hydrogens is 304 g/mol. The first-order chi connectivity index (χ1) is 10.0. The van der Waals surface area contributed by atoms with Gasteiger partial charge in [0.15, 0.2) is 0 Å². The Balaban J connectivity index is 0.00000242. The van der Waals surface area contributed by atoms with Gasteiger partial charge < -0.3 is 20.9 Å². The molecule has 1 unspecified atom stereocenters. The SMILES string of the molecule is CNC(=O)Cn1ccc2ccc(NC(=O)C(C)CN)cc21.Cl. The predicted octanol–water partition coefficient (Wildman–Crippen LogP) is 1.34. The molecule has 0 aliphatic carbocycles. The third kappa shape index (κ3) is 3.99. The molecule has 7 heteroatoms. The van der Waals surface area contributed by atoms with Crippen molar-refractivity contribution in [2.45, 2.75) is 13.5 Å². The second-order valence-electron chi connectivity index (χ2n) is 5.02. The van der Waals surface area contributed by atoms with Gasteiger partial charge in [-0.15, -0.1) is 12.4 Å². The molecule has 0 aliphatic rings. The van der Waals surface area contributed by atoms with Crippen LogP contribution in [0.5, 0.6) is 0 Å². The standard InChI is InChI=1S/C15H20N4O2.ClH/c1-10(8-16)15(21)18-12-4-3-11-5-6-19(13(11)7-12)9-14(20)17-2;/h3-7,10H,8-9,16H2,1-2H3,(H,17,20)(H,18,21);1H. The van der Waals surface area contributed by atoms with Crippen LogP contribution in [0.2, 0.25) is 0 Å². The first-order valence-electron chi connectivity index (χ1n) is 6.85. The van der Waals surface area contributed by atoms with Crippen LogP contribution in [0.4, 0.5) is 5.69 Å². The minimum atomic E-state index is -0.238. The van der Waals surface area contributed by atoms with Crippen molar-refractivity contribution in [3.63, 3.8) is 0 Å². The van der Waals surface area contributed by atoms with E-state index in [1.165, 1.54) is 0 Å². The van der Waals surface area contributed by atoms with Gasteiger partial charge in [-0.2, -0.15) is 0 Å². The van der Waals surface area contributed by atoms with E-state index in [9.17, 15) is 9.59 Å². The van der Waals surface area contributed by atoms with Crippen molar-refractivity contribution in [3.8, 4) is 0 Å². The molecule has 2 aromatic rings. The fraction of sp³-hybridized carbons (Fsp3) is 0.333. The molecule has 0 radical (unpaired) electrons. The number of halogens is 1. The second-order valence-corrected chi connectivity index (χ2v) is 5.02. The number of anilines is 1. The maximum atomic E-state index is 11.9. The zero-order valence-electron chi connectivity index (χ0n) is 12.6. The zero-order valence-corrected chi connectivity index (χ0v) is 13.4. The van der Waals surface area contributed by atoms with Gasteiger partial charge in [0.05, 0.1) is 5.52 Å². The summed E-state index contributed by atoms with van der Waals surface area (Å²) >= 11 is 0. The highest BCUT2D eigenvalue weighted by molar-refractivity contribution is 5.95. The number of nitrogens with two attached hydrogens (primary N) is 1. The molecule has 1 aromatic carbocycles. The summed E-state index contributed by atoms with van der Waals surface area (Å²) in [6.07, 6.45) is 1.86. The van der Waals surface area contributed by atoms with Crippen LogP contribution in [0.3, 0.4) is 0 Å². The third-order valence-electron chi connectivity index (χ3n) is 3.44. The number of carbonyl (C=O) groups is 2. The number of carbonyl (C=O) groups excluding carboxylic acids is 2. The van der Waals surface area contributed by atoms with Gasteiger partial charge in [0.25, 0.3) is 0 Å². The molecule has 0 spiro atoms. The Hall–Kier alpha value is -2.05. The van der Waals surface area contributed by atoms with E-state index in [2.05, 4.69) is 10.6 Å². The molecule has 1 aromatic heterocycles. The van der Waals surface area contributed by atoms with E-state index in [1.54, 1.807) is 14.0 Å². The Kier molecular flexibility index (Phi) is 6.39. The lowest BCUT2D eigenvalue weighted by atomic mass is 10.1. The molecule has 2 amide bonds. The van der Waals surface area contributed by atoms with Crippen LogP contribution in [-0.2, 0) is 16.1 Å². The van der Waals surface area contributed by atoms with Crippen molar-refractivity contribution >= 4 is 40.8 Å². The van der Waals surface area contributed by atoms with Gasteiger partial charge in [-0.3, -0.25) is 9.59 Å². The van der Waals surface area contributed by atoms with Crippen molar-refractivity contribution in [2.24, 2.45) is 11.7 Å². The molecule has 1 atom stereocenters. The second kappa shape index (κ2) is 7.82. The van der Waals surface area contributed by atoms with Gasteiger partial charge in [0.1, 0.15) is 6.54 Å². The molecule has 0 fully saturated rings. The van der Waals surface area contributed by atoms with Crippen LogP contribution in [0.15, 0.2) is 30.5 Å². The molecule has 1 heterocycles. The quantitative estimate of drug-likeness (QED) is 0.775. The summed E-state index contributed by atoms with van der Waals surface area (Å²) in [5.41, 5.74) is 7.08. The maximum absolute atomic E-state index is 11.9. The van der Waals surface area contributed by atoms with Crippen LogP contribution in [0.25, 0.3) is 10.9 Å². The van der Waals surface area contributed by atoms with Gasteiger partial charge in [-0.1, -0.05) is 13.0 Å². The minimum absolute atomic E-state index is 0. The van der Waals surface area contributed by atoms with Crippen molar-refractivity contribution in [1.29, 1.82) is 0 Å². The van der Waals surface area contributed by atoms with Crippen LogP contribution < -0.4 is 16.4 Å². The van der Waals surface area contributed by atoms with Gasteiger partial charge >= 0.3 is 0 Å². The highest BCUT2D eigenvalue weighted by Crippen LogP contribution is 2.21. The topological polar surface area (TPSA) is 89.2 Å². The molecule has 120 valence electrons. The van der Waals surface area contributed by atoms with Gasteiger partial charge in [-0.25, -0.2) is 0 Å². The molecule has 4 N–H and O–H groups in total. The van der Waals surface area contributed by atoms with Crippen molar-refractivity contribution in [3.05, 3.63) is 30.5 Å². The summed E-state index contributed by atoms with van der Waals surface area (Å²) < 4.78 is 1.84. The summed E-state index contributed by atoms with van der Waals surface area (Å²) in [7, 11) is 1.61. The number of fused-ring (bicyclic) bond motifs is 1. The number of hydrogen-bond acceptors (Lipinski definition) is 3. The normalized spacial score (nSPS) is 11.6. The Morgan fingerprint density at radius 1 is 1.32 bits per heavy atom. The highest BCUT2D eigenvalue weighted by atomic mass is 35.5. The monoisotopic (exact) mass is 324 g/mol. The summed E-state index contributed by atoms with van der Waals surface area (Å²) in [5, 5.41) is 6.45. The first-order valence-corrected chi connectivity index (χ1v) is 6.85. The average Bonchev–Trinajstić information content (AvgIpc) is 2.88. The Morgan fingerprint density at radius 3 is 2.68 bits per heavy atom.